The van der Waals surface area contributed by atoms with Crippen LogP contribution < -0.4 is 0 Å². The molecule has 2 unspecified atom stereocenters. The molecule has 0 saturated carbocycles. The summed E-state index contributed by atoms with van der Waals surface area (Å²) in [5.41, 5.74) is 1.02. The van der Waals surface area contributed by atoms with Gasteiger partial charge in [-0.2, -0.15) is 0 Å². The molecular formula is C13H16F2O2. The minimum atomic E-state index is -2.42. The van der Waals surface area contributed by atoms with Crippen molar-refractivity contribution >= 4 is 0 Å². The van der Waals surface area contributed by atoms with Gasteiger partial charge < -0.3 is 9.47 Å². The Bertz CT molecular complexity index is 329. The summed E-state index contributed by atoms with van der Waals surface area (Å²) in [5, 5.41) is 0. The molecule has 0 amide bonds. The summed E-state index contributed by atoms with van der Waals surface area (Å²) in [5.74, 6) is 0. The van der Waals surface area contributed by atoms with E-state index < -0.39 is 18.8 Å². The molecule has 1 heterocycles. The molecule has 1 saturated heterocycles. The van der Waals surface area contributed by atoms with Crippen LogP contribution in [0.1, 0.15) is 24.8 Å². The maximum Gasteiger partial charge on any atom is 0.264 e. The van der Waals surface area contributed by atoms with E-state index in [2.05, 4.69) is 0 Å². The molecule has 1 aliphatic rings. The van der Waals surface area contributed by atoms with Crippen molar-refractivity contribution < 1.29 is 18.3 Å². The van der Waals surface area contributed by atoms with E-state index in [1.165, 1.54) is 0 Å². The zero-order chi connectivity index (χ0) is 12.1. The van der Waals surface area contributed by atoms with Gasteiger partial charge in [-0.05, 0) is 24.8 Å². The van der Waals surface area contributed by atoms with Crippen molar-refractivity contribution in [3.05, 3.63) is 35.9 Å². The molecule has 1 aromatic carbocycles. The van der Waals surface area contributed by atoms with Crippen molar-refractivity contribution in [2.45, 2.75) is 44.7 Å². The van der Waals surface area contributed by atoms with Crippen LogP contribution in [0.5, 0.6) is 0 Å². The molecule has 0 aromatic heterocycles. The second kappa shape index (κ2) is 6.07. The maximum atomic E-state index is 12.5. The predicted molar refractivity (Wildman–Crippen MR) is 59.7 cm³/mol. The lowest BCUT2D eigenvalue weighted by molar-refractivity contribution is -0.224. The highest BCUT2D eigenvalue weighted by Gasteiger charge is 2.29. The molecule has 0 spiro atoms. The Kier molecular flexibility index (Phi) is 4.45. The van der Waals surface area contributed by atoms with Crippen molar-refractivity contribution in [3.63, 3.8) is 0 Å². The third kappa shape index (κ3) is 3.75. The van der Waals surface area contributed by atoms with Gasteiger partial charge in [-0.25, -0.2) is 8.78 Å². The Morgan fingerprint density at radius 2 is 2.00 bits per heavy atom. The molecule has 4 heteroatoms. The van der Waals surface area contributed by atoms with Gasteiger partial charge in [-0.1, -0.05) is 30.3 Å². The van der Waals surface area contributed by atoms with Crippen molar-refractivity contribution in [1.82, 2.24) is 0 Å². The first-order valence-electron chi connectivity index (χ1n) is 5.85. The Morgan fingerprint density at radius 3 is 2.71 bits per heavy atom. The third-order valence-electron chi connectivity index (χ3n) is 2.81. The first-order chi connectivity index (χ1) is 8.25. The van der Waals surface area contributed by atoms with Crippen LogP contribution in [-0.2, 0) is 16.1 Å². The number of hydrogen-bond acceptors (Lipinski definition) is 2. The van der Waals surface area contributed by atoms with Crippen molar-refractivity contribution in [1.29, 1.82) is 0 Å². The van der Waals surface area contributed by atoms with E-state index in [1.54, 1.807) is 0 Å². The van der Waals surface area contributed by atoms with Crippen LogP contribution >= 0.6 is 0 Å². The fourth-order valence-electron chi connectivity index (χ4n) is 1.89. The number of benzene rings is 1. The van der Waals surface area contributed by atoms with Crippen molar-refractivity contribution in [2.75, 3.05) is 0 Å². The first kappa shape index (κ1) is 12.5. The van der Waals surface area contributed by atoms with E-state index in [-0.39, 0.29) is 0 Å². The highest BCUT2D eigenvalue weighted by atomic mass is 19.3. The number of hydrogen-bond donors (Lipinski definition) is 0. The van der Waals surface area contributed by atoms with Gasteiger partial charge in [-0.15, -0.1) is 0 Å². The van der Waals surface area contributed by atoms with Gasteiger partial charge >= 0.3 is 0 Å². The average molecular weight is 242 g/mol. The molecule has 2 rings (SSSR count). The summed E-state index contributed by atoms with van der Waals surface area (Å²) >= 11 is 0. The molecule has 0 radical (unpaired) electrons. The van der Waals surface area contributed by atoms with Crippen LogP contribution in [0, 0.1) is 0 Å². The molecule has 0 aliphatic carbocycles. The van der Waals surface area contributed by atoms with Gasteiger partial charge in [0.2, 0.25) is 0 Å². The SMILES string of the molecule is FC(F)C1CCCC(OCc2ccccc2)O1. The number of ether oxygens (including phenoxy) is 2. The van der Waals surface area contributed by atoms with E-state index in [0.717, 1.165) is 12.0 Å². The molecule has 17 heavy (non-hydrogen) atoms. The largest absolute Gasteiger partial charge is 0.348 e. The molecular weight excluding hydrogens is 226 g/mol. The third-order valence-corrected chi connectivity index (χ3v) is 2.81. The summed E-state index contributed by atoms with van der Waals surface area (Å²) in [6.45, 7) is 0.404. The molecule has 1 fully saturated rings. The summed E-state index contributed by atoms with van der Waals surface area (Å²) in [7, 11) is 0. The first-order valence-corrected chi connectivity index (χ1v) is 5.85. The van der Waals surface area contributed by atoms with Crippen LogP contribution in [0.2, 0.25) is 0 Å². The van der Waals surface area contributed by atoms with E-state index in [9.17, 15) is 8.78 Å². The van der Waals surface area contributed by atoms with E-state index in [4.69, 9.17) is 9.47 Å². The molecule has 94 valence electrons. The maximum absolute atomic E-state index is 12.5. The Morgan fingerprint density at radius 1 is 1.24 bits per heavy atom. The standard InChI is InChI=1S/C13H16F2O2/c14-13(15)11-7-4-8-12(17-11)16-9-10-5-2-1-3-6-10/h1-3,5-6,11-13H,4,7-9H2. The van der Waals surface area contributed by atoms with Gasteiger partial charge in [0.1, 0.15) is 6.10 Å². The van der Waals surface area contributed by atoms with Crippen LogP contribution in [0.3, 0.4) is 0 Å². The lowest BCUT2D eigenvalue weighted by atomic mass is 10.1. The highest BCUT2D eigenvalue weighted by molar-refractivity contribution is 5.13. The number of alkyl halides is 2. The van der Waals surface area contributed by atoms with Gasteiger partial charge in [0.05, 0.1) is 6.61 Å². The van der Waals surface area contributed by atoms with Crippen molar-refractivity contribution in [3.8, 4) is 0 Å². The number of halogens is 2. The fourth-order valence-corrected chi connectivity index (χ4v) is 1.89. The number of rotatable bonds is 4. The van der Waals surface area contributed by atoms with Crippen LogP contribution in [0.15, 0.2) is 30.3 Å². The smallest absolute Gasteiger partial charge is 0.264 e. The van der Waals surface area contributed by atoms with Gasteiger partial charge in [0, 0.05) is 0 Å². The molecule has 0 N–H and O–H groups in total. The van der Waals surface area contributed by atoms with E-state index >= 15 is 0 Å². The summed E-state index contributed by atoms with van der Waals surface area (Å²) < 4.78 is 35.6. The molecule has 2 nitrogen and oxygen atoms in total. The quantitative estimate of drug-likeness (QED) is 0.806. The minimum Gasteiger partial charge on any atom is -0.348 e. The molecule has 1 aromatic rings. The second-order valence-electron chi connectivity index (χ2n) is 4.17. The van der Waals surface area contributed by atoms with Crippen molar-refractivity contribution in [2.24, 2.45) is 0 Å². The molecule has 0 bridgehead atoms. The van der Waals surface area contributed by atoms with Crippen LogP contribution in [0.4, 0.5) is 8.78 Å². The molecule has 2 atom stereocenters. The summed E-state index contributed by atoms with van der Waals surface area (Å²) in [4.78, 5) is 0. The summed E-state index contributed by atoms with van der Waals surface area (Å²) in [6, 6.07) is 9.64. The Labute approximate surface area is 99.5 Å². The Hall–Kier alpha value is -1.00. The normalized spacial score (nSPS) is 25.1. The zero-order valence-electron chi connectivity index (χ0n) is 9.52. The van der Waals surface area contributed by atoms with Gasteiger partial charge in [-0.3, -0.25) is 0 Å². The predicted octanol–water partition coefficient (Wildman–Crippen LogP) is 3.36. The van der Waals surface area contributed by atoms with Crippen LogP contribution in [-0.4, -0.2) is 18.8 Å². The molecule has 1 aliphatic heterocycles. The Balaban J connectivity index is 1.79. The van der Waals surface area contributed by atoms with Gasteiger partial charge in [0.15, 0.2) is 6.29 Å². The fraction of sp³-hybridized carbons (Fsp3) is 0.538. The highest BCUT2D eigenvalue weighted by Crippen LogP contribution is 2.24. The second-order valence-corrected chi connectivity index (χ2v) is 4.17. The lowest BCUT2D eigenvalue weighted by Gasteiger charge is -2.29. The minimum absolute atomic E-state index is 0.404. The zero-order valence-corrected chi connectivity index (χ0v) is 9.52. The topological polar surface area (TPSA) is 18.5 Å². The van der Waals surface area contributed by atoms with Gasteiger partial charge in [0.25, 0.3) is 6.43 Å². The average Bonchev–Trinajstić information content (AvgIpc) is 2.38. The monoisotopic (exact) mass is 242 g/mol. The summed E-state index contributed by atoms with van der Waals surface area (Å²) in [6.07, 6.45) is -2.04. The van der Waals surface area contributed by atoms with Crippen LogP contribution in [0.25, 0.3) is 0 Å². The van der Waals surface area contributed by atoms with E-state index in [1.807, 2.05) is 30.3 Å². The van der Waals surface area contributed by atoms with E-state index in [0.29, 0.717) is 19.4 Å². The lowest BCUT2D eigenvalue weighted by Crippen LogP contribution is -2.34.